The minimum atomic E-state index is -0.629. The van der Waals surface area contributed by atoms with Gasteiger partial charge in [0.2, 0.25) is 0 Å². The Bertz CT molecular complexity index is 273. The van der Waals surface area contributed by atoms with E-state index in [4.69, 9.17) is 5.26 Å². The second-order valence-electron chi connectivity index (χ2n) is 2.27. The molecule has 3 nitrogen and oxygen atoms in total. The Morgan fingerprint density at radius 3 is 2.82 bits per heavy atom. The summed E-state index contributed by atoms with van der Waals surface area (Å²) in [4.78, 5) is 0. The molecule has 1 heterocycles. The maximum Gasteiger partial charge on any atom is 0.254 e. The molecule has 60 valence electrons. The highest BCUT2D eigenvalue weighted by atomic mass is 32.2. The molecule has 1 atom stereocenters. The van der Waals surface area contributed by atoms with Gasteiger partial charge in [-0.25, -0.2) is 4.57 Å². The van der Waals surface area contributed by atoms with Crippen LogP contribution < -0.4 is 3.97 Å². The van der Waals surface area contributed by atoms with Crippen LogP contribution >= 0.6 is 11.1 Å². The first-order chi connectivity index (χ1) is 5.27. The summed E-state index contributed by atoms with van der Waals surface area (Å²) in [7, 11) is 1.96. The van der Waals surface area contributed by atoms with Gasteiger partial charge in [0, 0.05) is 5.75 Å². The third-order valence-electron chi connectivity index (χ3n) is 1.45. The maximum absolute atomic E-state index is 8.74. The van der Waals surface area contributed by atoms with Crippen LogP contribution in [0.15, 0.2) is 18.7 Å². The first-order valence-electron chi connectivity index (χ1n) is 3.48. The average Bonchev–Trinajstić information content (AvgIpc) is 2.39. The topological polar surface area (TPSA) is 32.6 Å². The lowest BCUT2D eigenvalue weighted by Gasteiger charge is -2.03. The van der Waals surface area contributed by atoms with Crippen molar-refractivity contribution in [2.75, 3.05) is 5.75 Å². The zero-order chi connectivity index (χ0) is 8.27. The van der Waals surface area contributed by atoms with Crippen LogP contribution in [-0.4, -0.2) is 10.3 Å². The first kappa shape index (κ1) is 8.15. The summed E-state index contributed by atoms with van der Waals surface area (Å²) in [5.41, 5.74) is 0. The van der Waals surface area contributed by atoms with Gasteiger partial charge in [0.15, 0.2) is 0 Å². The van der Waals surface area contributed by atoms with Crippen molar-refractivity contribution in [1.29, 1.82) is 5.26 Å². The number of hydrogen-bond donors (Lipinski definition) is 1. The molecule has 0 amide bonds. The molecular weight excluding hydrogens is 158 g/mol. The minimum absolute atomic E-state index is 0.629. The van der Waals surface area contributed by atoms with Crippen LogP contribution in [0.4, 0.5) is 0 Å². The van der Waals surface area contributed by atoms with Crippen molar-refractivity contribution in [2.45, 2.75) is 6.92 Å². The van der Waals surface area contributed by atoms with Crippen LogP contribution in [0, 0.1) is 10.7 Å². The molecule has 1 aromatic rings. The monoisotopic (exact) mass is 170 g/mol. The van der Waals surface area contributed by atoms with Gasteiger partial charge in [-0.3, -0.25) is 0 Å². The molecule has 0 N–H and O–H groups in total. The normalized spacial score (nSPS) is 14.1. The SMILES string of the molecule is CC[SH](C#N)[n+]1ccn(C)c1. The quantitative estimate of drug-likeness (QED) is 0.393. The molecule has 1 aromatic heterocycles. The fraction of sp³-hybridized carbons (Fsp3) is 0.429. The Morgan fingerprint density at radius 2 is 2.45 bits per heavy atom. The van der Waals surface area contributed by atoms with Gasteiger partial charge in [-0.1, -0.05) is 6.92 Å². The number of nitriles is 1. The van der Waals surface area contributed by atoms with E-state index in [2.05, 4.69) is 5.40 Å². The summed E-state index contributed by atoms with van der Waals surface area (Å²) >= 11 is -0.629. The molecule has 1 unspecified atom stereocenters. The van der Waals surface area contributed by atoms with E-state index in [0.717, 1.165) is 5.75 Å². The average molecular weight is 170 g/mol. The number of rotatable bonds is 2. The van der Waals surface area contributed by atoms with Gasteiger partial charge in [0.05, 0.1) is 7.05 Å². The smallest absolute Gasteiger partial charge is 0.239 e. The number of nitrogens with zero attached hydrogens (tertiary/aromatic N) is 3. The van der Waals surface area contributed by atoms with Crippen molar-refractivity contribution in [3.8, 4) is 5.40 Å². The number of aryl methyl sites for hydroxylation is 1. The second kappa shape index (κ2) is 3.44. The van der Waals surface area contributed by atoms with Crippen LogP contribution in [-0.2, 0) is 7.05 Å². The van der Waals surface area contributed by atoms with E-state index in [1.807, 2.05) is 41.2 Å². The predicted molar refractivity (Wildman–Crippen MR) is 46.1 cm³/mol. The Morgan fingerprint density at radius 1 is 1.73 bits per heavy atom. The molecule has 4 heteroatoms. The van der Waals surface area contributed by atoms with E-state index >= 15 is 0 Å². The van der Waals surface area contributed by atoms with E-state index in [9.17, 15) is 0 Å². The van der Waals surface area contributed by atoms with Gasteiger partial charge in [-0.05, 0) is 11.1 Å². The number of aromatic nitrogens is 2. The number of hydrogen-bond acceptors (Lipinski definition) is 1. The summed E-state index contributed by atoms with van der Waals surface area (Å²) < 4.78 is 3.93. The van der Waals surface area contributed by atoms with E-state index in [0.29, 0.717) is 0 Å². The molecule has 11 heavy (non-hydrogen) atoms. The highest BCUT2D eigenvalue weighted by Crippen LogP contribution is 2.14. The summed E-state index contributed by atoms with van der Waals surface area (Å²) in [6.45, 7) is 2.04. The van der Waals surface area contributed by atoms with E-state index in [1.165, 1.54) is 0 Å². The Hall–Kier alpha value is -0.950. The largest absolute Gasteiger partial charge is 0.254 e. The summed E-state index contributed by atoms with van der Waals surface area (Å²) in [5, 5.41) is 11.0. The van der Waals surface area contributed by atoms with E-state index < -0.39 is 11.1 Å². The highest BCUT2D eigenvalue weighted by molar-refractivity contribution is 8.15. The van der Waals surface area contributed by atoms with Crippen LogP contribution in [0.3, 0.4) is 0 Å². The number of thiocyanates is 1. The molecule has 0 saturated heterocycles. The van der Waals surface area contributed by atoms with Gasteiger partial charge in [-0.2, -0.15) is 9.23 Å². The first-order valence-corrected chi connectivity index (χ1v) is 4.96. The van der Waals surface area contributed by atoms with Crippen molar-refractivity contribution in [3.63, 3.8) is 0 Å². The molecular formula is C7H12N3S+. The lowest BCUT2D eigenvalue weighted by molar-refractivity contribution is -0.497. The molecule has 1 rings (SSSR count). The van der Waals surface area contributed by atoms with E-state index in [1.54, 1.807) is 0 Å². The minimum Gasteiger partial charge on any atom is -0.239 e. The molecule has 0 aliphatic rings. The highest BCUT2D eigenvalue weighted by Gasteiger charge is 2.07. The van der Waals surface area contributed by atoms with Gasteiger partial charge < -0.3 is 0 Å². The summed E-state index contributed by atoms with van der Waals surface area (Å²) in [5.74, 6) is 0.917. The summed E-state index contributed by atoms with van der Waals surface area (Å²) in [6, 6.07) is 0. The molecule has 0 bridgehead atoms. The number of thiol groups is 1. The van der Waals surface area contributed by atoms with Crippen molar-refractivity contribution in [3.05, 3.63) is 18.7 Å². The Balaban J connectivity index is 2.84. The molecule has 0 saturated carbocycles. The second-order valence-corrected chi connectivity index (χ2v) is 4.37. The predicted octanol–water partition coefficient (Wildman–Crippen LogP) is 0.578. The van der Waals surface area contributed by atoms with Gasteiger partial charge in [0.25, 0.3) is 6.33 Å². The van der Waals surface area contributed by atoms with Crippen LogP contribution in [0.2, 0.25) is 0 Å². The van der Waals surface area contributed by atoms with Crippen molar-refractivity contribution in [1.82, 2.24) is 4.57 Å². The van der Waals surface area contributed by atoms with Gasteiger partial charge in [0.1, 0.15) is 17.8 Å². The van der Waals surface area contributed by atoms with Crippen LogP contribution in [0.5, 0.6) is 0 Å². The molecule has 0 aliphatic carbocycles. The fourth-order valence-corrected chi connectivity index (χ4v) is 1.94. The van der Waals surface area contributed by atoms with Gasteiger partial charge in [-0.15, -0.1) is 0 Å². The lowest BCUT2D eigenvalue weighted by Crippen LogP contribution is -2.27. The molecule has 0 aromatic carbocycles. The van der Waals surface area contributed by atoms with Crippen LogP contribution in [0.1, 0.15) is 6.92 Å². The fourth-order valence-electron chi connectivity index (χ4n) is 0.866. The lowest BCUT2D eigenvalue weighted by atomic mass is 10.9. The van der Waals surface area contributed by atoms with Crippen molar-refractivity contribution < 1.29 is 3.97 Å². The molecule has 0 spiro atoms. The third-order valence-corrected chi connectivity index (χ3v) is 3.07. The summed E-state index contributed by atoms with van der Waals surface area (Å²) in [6.07, 6.45) is 5.83. The zero-order valence-electron chi connectivity index (χ0n) is 6.73. The Kier molecular flexibility index (Phi) is 2.55. The standard InChI is InChI=1S/C7H12N3S/c1-3-11(6-8)10-5-4-9(2)7-10/h4-5,7,11H,3H2,1-2H3/q+1. The molecule has 0 aliphatic heterocycles. The third kappa shape index (κ3) is 1.75. The molecule has 0 fully saturated rings. The molecule has 0 radical (unpaired) electrons. The number of imidazole rings is 1. The maximum atomic E-state index is 8.74. The zero-order valence-corrected chi connectivity index (χ0v) is 7.62. The van der Waals surface area contributed by atoms with E-state index in [-0.39, 0.29) is 0 Å². The van der Waals surface area contributed by atoms with Gasteiger partial charge >= 0.3 is 0 Å². The van der Waals surface area contributed by atoms with Crippen LogP contribution in [0.25, 0.3) is 0 Å². The Labute approximate surface area is 69.4 Å². The van der Waals surface area contributed by atoms with Crippen molar-refractivity contribution >= 4 is 11.1 Å². The van der Waals surface area contributed by atoms with Crippen molar-refractivity contribution in [2.24, 2.45) is 7.05 Å².